The van der Waals surface area contributed by atoms with Gasteiger partial charge in [0, 0.05) is 17.1 Å². The zero-order chi connectivity index (χ0) is 11.8. The van der Waals surface area contributed by atoms with Crippen LogP contribution in [0, 0.1) is 31.6 Å². The number of anilines is 1. The molecule has 1 heterocycles. The van der Waals surface area contributed by atoms with E-state index >= 15 is 0 Å². The quantitative estimate of drug-likeness (QED) is 0.754. The van der Waals surface area contributed by atoms with Crippen molar-refractivity contribution in [1.29, 1.82) is 0 Å². The molecule has 83 valence electrons. The van der Waals surface area contributed by atoms with Crippen LogP contribution in [-0.4, -0.2) is 5.91 Å². The average molecular weight is 243 g/mol. The number of halogens is 1. The van der Waals surface area contributed by atoms with Crippen molar-refractivity contribution in [1.82, 2.24) is 0 Å². The van der Waals surface area contributed by atoms with Gasteiger partial charge < -0.3 is 5.32 Å². The van der Waals surface area contributed by atoms with Crippen LogP contribution in [-0.2, 0) is 4.79 Å². The lowest BCUT2D eigenvalue weighted by atomic mass is 10.00. The Labute approximate surface area is 106 Å². The van der Waals surface area contributed by atoms with Gasteiger partial charge in [-0.3, -0.25) is 4.79 Å². The smallest absolute Gasteiger partial charge is 0.256 e. The molecule has 2 nitrogen and oxygen atoms in total. The van der Waals surface area contributed by atoms with Crippen molar-refractivity contribution in [2.24, 2.45) is 0 Å². The van der Waals surface area contributed by atoms with Gasteiger partial charge in [0.1, 0.15) is 0 Å². The third-order valence-electron chi connectivity index (χ3n) is 2.79. The number of carbonyl (C=O) groups excluding carboxylic acids is 1. The number of rotatable bonds is 1. The van der Waals surface area contributed by atoms with E-state index in [4.69, 9.17) is 11.6 Å². The number of allylic oxidation sites excluding steroid dienone is 1. The summed E-state index contributed by atoms with van der Waals surface area (Å²) in [6.45, 7) is 0. The fourth-order valence-electron chi connectivity index (χ4n) is 1.97. The Kier molecular flexibility index (Phi) is 2.67. The maximum Gasteiger partial charge on any atom is 0.256 e. The second kappa shape index (κ2) is 4.19. The molecule has 3 rings (SSSR count). The summed E-state index contributed by atoms with van der Waals surface area (Å²) in [6.07, 6.45) is 9.68. The van der Waals surface area contributed by atoms with Crippen molar-refractivity contribution in [3.8, 4) is 0 Å². The summed E-state index contributed by atoms with van der Waals surface area (Å²) in [5.41, 5.74) is 2.23. The van der Waals surface area contributed by atoms with E-state index in [1.807, 2.05) is 43.9 Å². The summed E-state index contributed by atoms with van der Waals surface area (Å²) < 4.78 is 0. The van der Waals surface area contributed by atoms with E-state index in [0.29, 0.717) is 16.3 Å². The molecule has 0 saturated heterocycles. The van der Waals surface area contributed by atoms with E-state index in [1.54, 1.807) is 6.07 Å². The van der Waals surface area contributed by atoms with E-state index in [2.05, 4.69) is 5.32 Å². The highest BCUT2D eigenvalue weighted by atomic mass is 35.5. The molecule has 1 aliphatic heterocycles. The van der Waals surface area contributed by atoms with Gasteiger partial charge >= 0.3 is 0 Å². The molecule has 17 heavy (non-hydrogen) atoms. The first-order valence-corrected chi connectivity index (χ1v) is 5.67. The molecule has 0 aromatic heterocycles. The van der Waals surface area contributed by atoms with Gasteiger partial charge in [-0.05, 0) is 31.7 Å². The maximum atomic E-state index is 11.9. The fraction of sp³-hybridized carbons (Fsp3) is 0. The number of carbonyl (C=O) groups is 1. The van der Waals surface area contributed by atoms with Gasteiger partial charge in [-0.1, -0.05) is 29.8 Å². The van der Waals surface area contributed by atoms with Crippen LogP contribution < -0.4 is 5.32 Å². The highest BCUT2D eigenvalue weighted by Gasteiger charge is 2.27. The van der Waals surface area contributed by atoms with E-state index in [1.165, 1.54) is 0 Å². The van der Waals surface area contributed by atoms with Gasteiger partial charge in [0.15, 0.2) is 0 Å². The Morgan fingerprint density at radius 2 is 1.94 bits per heavy atom. The van der Waals surface area contributed by atoms with E-state index in [-0.39, 0.29) is 5.91 Å². The van der Waals surface area contributed by atoms with E-state index < -0.39 is 0 Å². The van der Waals surface area contributed by atoms with Crippen molar-refractivity contribution in [3.63, 3.8) is 0 Å². The van der Waals surface area contributed by atoms with Crippen LogP contribution in [0.1, 0.15) is 5.56 Å². The first kappa shape index (κ1) is 10.8. The molecule has 3 heteroatoms. The van der Waals surface area contributed by atoms with Gasteiger partial charge in [0.2, 0.25) is 0 Å². The van der Waals surface area contributed by atoms with E-state index in [0.717, 1.165) is 11.5 Å². The summed E-state index contributed by atoms with van der Waals surface area (Å²) in [7, 11) is 0. The number of para-hydroxylation sites is 1. The number of benzene rings is 1. The first-order valence-electron chi connectivity index (χ1n) is 5.29. The molecule has 2 aliphatic rings. The minimum atomic E-state index is -0.103. The Bertz CT molecular complexity index is 501. The molecule has 1 amide bonds. The van der Waals surface area contributed by atoms with Gasteiger partial charge in [-0.2, -0.15) is 0 Å². The molecule has 0 spiro atoms. The van der Waals surface area contributed by atoms with Gasteiger partial charge in [0.05, 0.1) is 10.7 Å². The highest BCUT2D eigenvalue weighted by Crippen LogP contribution is 2.39. The standard InChI is InChI=1S/C14H9ClNO/c15-12-7-3-6-10-11(14(17)16-13(10)12)8-9-4-1-2-5-9/h1-8H,(H,16,17)/b11-8+. The van der Waals surface area contributed by atoms with Crippen molar-refractivity contribution in [2.75, 3.05) is 5.32 Å². The van der Waals surface area contributed by atoms with Crippen LogP contribution in [0.4, 0.5) is 5.69 Å². The number of nitrogens with one attached hydrogen (secondary N) is 1. The first-order chi connectivity index (χ1) is 8.25. The SMILES string of the molecule is O=C1Nc2c(Cl)cccc2/C1=C\[C]1[CH][CH][CH][CH]1. The Morgan fingerprint density at radius 1 is 1.18 bits per heavy atom. The Hall–Kier alpha value is -1.28. The highest BCUT2D eigenvalue weighted by molar-refractivity contribution is 6.39. The van der Waals surface area contributed by atoms with Crippen LogP contribution in [0.3, 0.4) is 0 Å². The predicted molar refractivity (Wildman–Crippen MR) is 68.5 cm³/mol. The molecule has 1 aliphatic carbocycles. The molecule has 1 aromatic carbocycles. The van der Waals surface area contributed by atoms with Gasteiger partial charge in [-0.15, -0.1) is 0 Å². The molecule has 0 unspecified atom stereocenters. The van der Waals surface area contributed by atoms with Crippen molar-refractivity contribution >= 4 is 28.8 Å². The Morgan fingerprint density at radius 3 is 2.71 bits per heavy atom. The monoisotopic (exact) mass is 242 g/mol. The van der Waals surface area contributed by atoms with Gasteiger partial charge in [-0.25, -0.2) is 0 Å². The van der Waals surface area contributed by atoms with Crippen LogP contribution in [0.25, 0.3) is 5.57 Å². The van der Waals surface area contributed by atoms with Gasteiger partial charge in [0.25, 0.3) is 5.91 Å². The number of hydrogen-bond donors (Lipinski definition) is 1. The number of amides is 1. The molecule has 0 bridgehead atoms. The second-order valence-electron chi connectivity index (χ2n) is 3.89. The summed E-state index contributed by atoms with van der Waals surface area (Å²) in [4.78, 5) is 11.9. The predicted octanol–water partition coefficient (Wildman–Crippen LogP) is 3.08. The van der Waals surface area contributed by atoms with Crippen molar-refractivity contribution in [3.05, 3.63) is 66.5 Å². The summed E-state index contributed by atoms with van der Waals surface area (Å²) in [5.74, 6) is 0.914. The summed E-state index contributed by atoms with van der Waals surface area (Å²) >= 11 is 6.04. The van der Waals surface area contributed by atoms with Crippen molar-refractivity contribution in [2.45, 2.75) is 0 Å². The average Bonchev–Trinajstić information content (AvgIpc) is 2.91. The fourth-order valence-corrected chi connectivity index (χ4v) is 2.20. The largest absolute Gasteiger partial charge is 0.320 e. The molecule has 1 fully saturated rings. The van der Waals surface area contributed by atoms with Crippen molar-refractivity contribution < 1.29 is 4.79 Å². The number of hydrogen-bond acceptors (Lipinski definition) is 1. The molecule has 1 aromatic rings. The normalized spacial score (nSPS) is 21.9. The molecule has 1 saturated carbocycles. The Balaban J connectivity index is 2.02. The minimum absolute atomic E-state index is 0.103. The third kappa shape index (κ3) is 1.87. The summed E-state index contributed by atoms with van der Waals surface area (Å²) in [6, 6.07) is 5.51. The zero-order valence-electron chi connectivity index (χ0n) is 8.91. The lowest BCUT2D eigenvalue weighted by Crippen LogP contribution is -2.05. The molecule has 0 atom stereocenters. The third-order valence-corrected chi connectivity index (χ3v) is 3.10. The molecular weight excluding hydrogens is 234 g/mol. The molecule has 1 N–H and O–H groups in total. The minimum Gasteiger partial charge on any atom is -0.320 e. The lowest BCUT2D eigenvalue weighted by molar-refractivity contribution is -0.110. The maximum absolute atomic E-state index is 11.9. The second-order valence-corrected chi connectivity index (χ2v) is 4.30. The van der Waals surface area contributed by atoms with Crippen LogP contribution in [0.15, 0.2) is 24.3 Å². The molecule has 5 radical (unpaired) electrons. The van der Waals surface area contributed by atoms with Crippen LogP contribution >= 0.6 is 11.6 Å². The zero-order valence-corrected chi connectivity index (χ0v) is 9.66. The summed E-state index contributed by atoms with van der Waals surface area (Å²) in [5, 5.41) is 3.36. The molecular formula is C14H9ClNO. The topological polar surface area (TPSA) is 29.1 Å². The lowest BCUT2D eigenvalue weighted by Gasteiger charge is -2.02. The van der Waals surface area contributed by atoms with Crippen LogP contribution in [0.5, 0.6) is 0 Å². The van der Waals surface area contributed by atoms with E-state index in [9.17, 15) is 4.79 Å². The number of fused-ring (bicyclic) bond motifs is 1. The van der Waals surface area contributed by atoms with Crippen LogP contribution in [0.2, 0.25) is 5.02 Å².